The van der Waals surface area contributed by atoms with E-state index >= 15 is 0 Å². The molecule has 0 amide bonds. The second kappa shape index (κ2) is 3.77. The molecule has 6 fully saturated rings. The molecule has 0 bridgehead atoms. The number of hydrogen-bond acceptors (Lipinski definition) is 2. The van der Waals surface area contributed by atoms with Crippen molar-refractivity contribution >= 4 is 0 Å². The van der Waals surface area contributed by atoms with Gasteiger partial charge in [0.1, 0.15) is 0 Å². The summed E-state index contributed by atoms with van der Waals surface area (Å²) in [5.41, 5.74) is -0.461. The van der Waals surface area contributed by atoms with Crippen LogP contribution in [-0.2, 0) is 0 Å². The molecular weight excluding hydrogens is 272 g/mol. The minimum atomic E-state index is -0.551. The van der Waals surface area contributed by atoms with Crippen molar-refractivity contribution < 1.29 is 10.2 Å². The van der Waals surface area contributed by atoms with Gasteiger partial charge in [-0.1, -0.05) is 6.92 Å². The lowest BCUT2D eigenvalue weighted by Gasteiger charge is -2.62. The Bertz CT molecular complexity index is 532. The molecule has 6 aliphatic rings. The molecular formula is C20H30O2. The monoisotopic (exact) mass is 302 g/mol. The van der Waals surface area contributed by atoms with Gasteiger partial charge in [-0.15, -0.1) is 0 Å². The van der Waals surface area contributed by atoms with Crippen molar-refractivity contribution in [3.63, 3.8) is 0 Å². The van der Waals surface area contributed by atoms with Gasteiger partial charge in [0.25, 0.3) is 0 Å². The molecule has 11 unspecified atom stereocenters. The van der Waals surface area contributed by atoms with Crippen LogP contribution in [0, 0.1) is 52.8 Å². The first-order chi connectivity index (χ1) is 10.5. The largest absolute Gasteiger partial charge is 0.393 e. The van der Waals surface area contributed by atoms with Gasteiger partial charge in [0.05, 0.1) is 11.7 Å². The number of aliphatic hydroxyl groups excluding tert-OH is 1. The van der Waals surface area contributed by atoms with Crippen LogP contribution in [-0.4, -0.2) is 21.9 Å². The average molecular weight is 302 g/mol. The summed E-state index contributed by atoms with van der Waals surface area (Å²) in [5.74, 6) is 7.22. The number of aliphatic hydroxyl groups is 2. The molecule has 0 aromatic rings. The predicted octanol–water partition coefficient (Wildman–Crippen LogP) is 3.22. The predicted molar refractivity (Wildman–Crippen MR) is 83.9 cm³/mol. The van der Waals surface area contributed by atoms with Crippen molar-refractivity contribution in [1.82, 2.24) is 0 Å². The smallest absolute Gasteiger partial charge is 0.0759 e. The first kappa shape index (κ1) is 13.2. The number of fused-ring (bicyclic) bond motifs is 10. The highest BCUT2D eigenvalue weighted by Crippen LogP contribution is 2.77. The van der Waals surface area contributed by atoms with Gasteiger partial charge in [-0.2, -0.15) is 0 Å². The Labute approximate surface area is 133 Å². The summed E-state index contributed by atoms with van der Waals surface area (Å²) < 4.78 is 0. The third-order valence-electron chi connectivity index (χ3n) is 9.68. The Morgan fingerprint density at radius 1 is 0.864 bits per heavy atom. The van der Waals surface area contributed by atoms with Crippen molar-refractivity contribution in [3.05, 3.63) is 0 Å². The minimum absolute atomic E-state index is 0.0898. The Hall–Kier alpha value is -0.0800. The van der Waals surface area contributed by atoms with E-state index in [1.165, 1.54) is 32.1 Å². The normalized spacial score (nSPS) is 70.8. The molecule has 0 spiro atoms. The Kier molecular flexibility index (Phi) is 2.27. The minimum Gasteiger partial charge on any atom is -0.393 e. The maximum atomic E-state index is 11.6. The van der Waals surface area contributed by atoms with Gasteiger partial charge in [0.15, 0.2) is 0 Å². The second-order valence-corrected chi connectivity index (χ2v) is 10.2. The van der Waals surface area contributed by atoms with Crippen LogP contribution >= 0.6 is 0 Å². The fourth-order valence-corrected chi connectivity index (χ4v) is 8.65. The van der Waals surface area contributed by atoms with Gasteiger partial charge in [-0.3, -0.25) is 0 Å². The summed E-state index contributed by atoms with van der Waals surface area (Å²) in [6.45, 7) is 2.41. The van der Waals surface area contributed by atoms with E-state index < -0.39 is 5.60 Å². The van der Waals surface area contributed by atoms with Crippen LogP contribution in [0.25, 0.3) is 0 Å². The zero-order chi connectivity index (χ0) is 14.9. The molecule has 6 saturated carbocycles. The van der Waals surface area contributed by atoms with Gasteiger partial charge >= 0.3 is 0 Å². The molecule has 0 aromatic heterocycles. The highest BCUT2D eigenvalue weighted by atomic mass is 16.3. The zero-order valence-electron chi connectivity index (χ0n) is 13.7. The number of rotatable bonds is 0. The van der Waals surface area contributed by atoms with Gasteiger partial charge in [0, 0.05) is 6.42 Å². The zero-order valence-corrected chi connectivity index (χ0v) is 13.7. The maximum Gasteiger partial charge on any atom is 0.0759 e. The van der Waals surface area contributed by atoms with Crippen LogP contribution in [0.1, 0.15) is 58.3 Å². The highest BCUT2D eigenvalue weighted by molar-refractivity contribution is 5.23. The SMILES string of the molecule is CC12CCC(O)CC1(O)C1CC1C1C3C(CCC12)CC1CC13. The summed E-state index contributed by atoms with van der Waals surface area (Å²) in [6, 6.07) is 0. The molecule has 22 heavy (non-hydrogen) atoms. The number of hydrogen-bond donors (Lipinski definition) is 2. The summed E-state index contributed by atoms with van der Waals surface area (Å²) in [4.78, 5) is 0. The van der Waals surface area contributed by atoms with E-state index in [1.54, 1.807) is 0 Å². The Balaban J connectivity index is 1.43. The van der Waals surface area contributed by atoms with E-state index in [-0.39, 0.29) is 11.5 Å². The van der Waals surface area contributed by atoms with E-state index in [0.717, 1.165) is 54.3 Å². The van der Waals surface area contributed by atoms with Crippen molar-refractivity contribution in [1.29, 1.82) is 0 Å². The first-order valence-electron chi connectivity index (χ1n) is 9.93. The lowest BCUT2D eigenvalue weighted by atomic mass is 9.45. The summed E-state index contributed by atoms with van der Waals surface area (Å²) in [6.07, 6.45) is 9.51. The van der Waals surface area contributed by atoms with Crippen molar-refractivity contribution in [3.8, 4) is 0 Å². The van der Waals surface area contributed by atoms with Crippen molar-refractivity contribution in [2.45, 2.75) is 70.0 Å². The van der Waals surface area contributed by atoms with Crippen LogP contribution in [0.3, 0.4) is 0 Å². The molecule has 11 atom stereocenters. The fourth-order valence-electron chi connectivity index (χ4n) is 8.65. The van der Waals surface area contributed by atoms with E-state index in [2.05, 4.69) is 6.92 Å². The van der Waals surface area contributed by atoms with Gasteiger partial charge in [-0.25, -0.2) is 0 Å². The van der Waals surface area contributed by atoms with E-state index in [4.69, 9.17) is 0 Å². The molecule has 0 aliphatic heterocycles. The van der Waals surface area contributed by atoms with Gasteiger partial charge in [0.2, 0.25) is 0 Å². The first-order valence-corrected chi connectivity index (χ1v) is 9.93. The van der Waals surface area contributed by atoms with Gasteiger partial charge in [-0.05, 0) is 97.7 Å². The quantitative estimate of drug-likeness (QED) is 0.721. The Morgan fingerprint density at radius 2 is 1.73 bits per heavy atom. The van der Waals surface area contributed by atoms with Crippen LogP contribution in [0.15, 0.2) is 0 Å². The standard InChI is InChI=1S/C20H30O2/c1-19-5-4-12(21)9-20(19,22)16-8-14(16)18-15(19)3-2-10-6-11-7-13(11)17(10)18/h10-18,21-22H,2-9H2,1H3. The Morgan fingerprint density at radius 3 is 2.59 bits per heavy atom. The average Bonchev–Trinajstić information content (AvgIpc) is 3.38. The topological polar surface area (TPSA) is 40.5 Å². The molecule has 0 aromatic carbocycles. The van der Waals surface area contributed by atoms with Crippen LogP contribution in [0.5, 0.6) is 0 Å². The van der Waals surface area contributed by atoms with Crippen LogP contribution < -0.4 is 0 Å². The lowest BCUT2D eigenvalue weighted by Crippen LogP contribution is -2.63. The molecule has 2 N–H and O–H groups in total. The molecule has 2 nitrogen and oxygen atoms in total. The van der Waals surface area contributed by atoms with E-state index in [0.29, 0.717) is 12.3 Å². The lowest BCUT2D eigenvalue weighted by molar-refractivity contribution is -0.220. The molecule has 122 valence electrons. The van der Waals surface area contributed by atoms with Crippen molar-refractivity contribution in [2.75, 3.05) is 0 Å². The summed E-state index contributed by atoms with van der Waals surface area (Å²) in [7, 11) is 0. The fraction of sp³-hybridized carbons (Fsp3) is 1.00. The van der Waals surface area contributed by atoms with E-state index in [1.807, 2.05) is 0 Å². The molecule has 6 rings (SSSR count). The van der Waals surface area contributed by atoms with Crippen molar-refractivity contribution in [2.24, 2.45) is 52.8 Å². The second-order valence-electron chi connectivity index (χ2n) is 10.2. The molecule has 0 heterocycles. The highest BCUT2D eigenvalue weighted by Gasteiger charge is 2.75. The van der Waals surface area contributed by atoms with Crippen LogP contribution in [0.4, 0.5) is 0 Å². The third-order valence-corrected chi connectivity index (χ3v) is 9.68. The molecule has 2 heteroatoms. The van der Waals surface area contributed by atoms with Gasteiger partial charge < -0.3 is 10.2 Å². The molecule has 0 radical (unpaired) electrons. The summed E-state index contributed by atoms with van der Waals surface area (Å²) >= 11 is 0. The van der Waals surface area contributed by atoms with Crippen LogP contribution in [0.2, 0.25) is 0 Å². The maximum absolute atomic E-state index is 11.6. The molecule has 0 saturated heterocycles. The summed E-state index contributed by atoms with van der Waals surface area (Å²) in [5, 5.41) is 21.8. The third kappa shape index (κ3) is 1.34. The molecule has 6 aliphatic carbocycles. The van der Waals surface area contributed by atoms with E-state index in [9.17, 15) is 10.2 Å².